The standard InChI is InChI=1S/C9H14BrN3O2/c1-13-7(5-8(10)12-13)6(11)3-4-9(14)15-2/h5-6H,3-4,11H2,1-2H3. The Morgan fingerprint density at radius 1 is 1.80 bits per heavy atom. The number of carbonyl (C=O) groups excluding carboxylic acids is 1. The fourth-order valence-corrected chi connectivity index (χ4v) is 1.79. The maximum Gasteiger partial charge on any atom is 0.305 e. The summed E-state index contributed by atoms with van der Waals surface area (Å²) in [4.78, 5) is 10.9. The number of aryl methyl sites for hydroxylation is 1. The Hall–Kier alpha value is -0.880. The second-order valence-corrected chi connectivity index (χ2v) is 4.05. The van der Waals surface area contributed by atoms with E-state index >= 15 is 0 Å². The van der Waals surface area contributed by atoms with Crippen molar-refractivity contribution in [1.82, 2.24) is 9.78 Å². The summed E-state index contributed by atoms with van der Waals surface area (Å²) in [6.07, 6.45) is 0.874. The molecule has 1 heterocycles. The summed E-state index contributed by atoms with van der Waals surface area (Å²) in [7, 11) is 3.19. The van der Waals surface area contributed by atoms with Crippen LogP contribution in [-0.2, 0) is 16.6 Å². The van der Waals surface area contributed by atoms with E-state index in [0.29, 0.717) is 12.8 Å². The number of rotatable bonds is 4. The number of methoxy groups -OCH3 is 1. The number of hydrogen-bond acceptors (Lipinski definition) is 4. The van der Waals surface area contributed by atoms with Crippen LogP contribution in [0, 0.1) is 0 Å². The number of ether oxygens (including phenoxy) is 1. The van der Waals surface area contributed by atoms with Gasteiger partial charge in [0.1, 0.15) is 4.60 Å². The van der Waals surface area contributed by atoms with Crippen LogP contribution in [0.5, 0.6) is 0 Å². The van der Waals surface area contributed by atoms with E-state index in [0.717, 1.165) is 10.3 Å². The smallest absolute Gasteiger partial charge is 0.305 e. The molecule has 1 aromatic rings. The normalized spacial score (nSPS) is 12.5. The first-order valence-electron chi connectivity index (χ1n) is 4.56. The molecule has 1 aromatic heterocycles. The molecule has 5 nitrogen and oxygen atoms in total. The van der Waals surface area contributed by atoms with Crippen LogP contribution >= 0.6 is 15.9 Å². The van der Waals surface area contributed by atoms with E-state index in [1.807, 2.05) is 13.1 Å². The first kappa shape index (κ1) is 12.2. The zero-order valence-corrected chi connectivity index (χ0v) is 10.3. The van der Waals surface area contributed by atoms with E-state index in [2.05, 4.69) is 25.8 Å². The van der Waals surface area contributed by atoms with Crippen molar-refractivity contribution in [2.24, 2.45) is 12.8 Å². The zero-order chi connectivity index (χ0) is 11.4. The third kappa shape index (κ3) is 3.32. The lowest BCUT2D eigenvalue weighted by molar-refractivity contribution is -0.140. The number of carbonyl (C=O) groups is 1. The molecule has 0 aliphatic rings. The molecule has 1 rings (SSSR count). The van der Waals surface area contributed by atoms with Crippen molar-refractivity contribution in [3.63, 3.8) is 0 Å². The summed E-state index contributed by atoms with van der Waals surface area (Å²) in [6, 6.07) is 1.65. The lowest BCUT2D eigenvalue weighted by Crippen LogP contribution is -2.16. The number of aromatic nitrogens is 2. The molecular formula is C9H14BrN3O2. The van der Waals surface area contributed by atoms with Crippen molar-refractivity contribution in [3.05, 3.63) is 16.4 Å². The Kier molecular flexibility index (Phi) is 4.28. The van der Waals surface area contributed by atoms with E-state index in [9.17, 15) is 4.79 Å². The summed E-state index contributed by atoms with van der Waals surface area (Å²) in [6.45, 7) is 0. The molecule has 0 aliphatic heterocycles. The second-order valence-electron chi connectivity index (χ2n) is 3.24. The van der Waals surface area contributed by atoms with Crippen molar-refractivity contribution in [2.75, 3.05) is 7.11 Å². The maximum absolute atomic E-state index is 10.9. The first-order chi connectivity index (χ1) is 7.04. The minimum Gasteiger partial charge on any atom is -0.469 e. The van der Waals surface area contributed by atoms with Gasteiger partial charge in [0.25, 0.3) is 0 Å². The Morgan fingerprint density at radius 2 is 2.47 bits per heavy atom. The maximum atomic E-state index is 10.9. The molecule has 84 valence electrons. The van der Waals surface area contributed by atoms with Gasteiger partial charge >= 0.3 is 5.97 Å². The molecule has 1 unspecified atom stereocenters. The van der Waals surface area contributed by atoms with E-state index < -0.39 is 0 Å². The summed E-state index contributed by atoms with van der Waals surface area (Å²) >= 11 is 3.27. The Morgan fingerprint density at radius 3 is 2.93 bits per heavy atom. The van der Waals surface area contributed by atoms with Gasteiger partial charge in [0, 0.05) is 19.5 Å². The molecule has 6 heteroatoms. The van der Waals surface area contributed by atoms with Crippen molar-refractivity contribution < 1.29 is 9.53 Å². The van der Waals surface area contributed by atoms with Crippen molar-refractivity contribution in [3.8, 4) is 0 Å². The molecule has 0 saturated carbocycles. The van der Waals surface area contributed by atoms with E-state index in [-0.39, 0.29) is 12.0 Å². The van der Waals surface area contributed by atoms with Gasteiger partial charge in [0.15, 0.2) is 0 Å². The highest BCUT2D eigenvalue weighted by Gasteiger charge is 2.13. The quantitative estimate of drug-likeness (QED) is 0.837. The minimum absolute atomic E-state index is 0.201. The van der Waals surface area contributed by atoms with Crippen LogP contribution in [0.4, 0.5) is 0 Å². The van der Waals surface area contributed by atoms with Gasteiger partial charge in [-0.3, -0.25) is 9.48 Å². The molecule has 0 aromatic carbocycles. The number of nitrogens with two attached hydrogens (primary N) is 1. The number of esters is 1. The van der Waals surface area contributed by atoms with Gasteiger partial charge in [-0.15, -0.1) is 0 Å². The summed E-state index contributed by atoms with van der Waals surface area (Å²) < 4.78 is 6.99. The molecule has 1 atom stereocenters. The van der Waals surface area contributed by atoms with Crippen LogP contribution in [0.15, 0.2) is 10.7 Å². The fraction of sp³-hybridized carbons (Fsp3) is 0.556. The highest BCUT2D eigenvalue weighted by Crippen LogP contribution is 2.19. The van der Waals surface area contributed by atoms with Gasteiger partial charge in [-0.2, -0.15) is 5.10 Å². The number of nitrogens with zero attached hydrogens (tertiary/aromatic N) is 2. The Bertz CT molecular complexity index is 351. The summed E-state index contributed by atoms with van der Waals surface area (Å²) in [5, 5.41) is 4.12. The minimum atomic E-state index is -0.244. The number of halogens is 1. The number of hydrogen-bond donors (Lipinski definition) is 1. The van der Waals surface area contributed by atoms with E-state index in [1.165, 1.54) is 7.11 Å². The van der Waals surface area contributed by atoms with Crippen LogP contribution in [0.2, 0.25) is 0 Å². The Labute approximate surface area is 96.7 Å². The molecular weight excluding hydrogens is 262 g/mol. The molecule has 15 heavy (non-hydrogen) atoms. The molecule has 2 N–H and O–H groups in total. The molecule has 0 saturated heterocycles. The molecule has 0 fully saturated rings. The Balaban J connectivity index is 2.57. The predicted molar refractivity (Wildman–Crippen MR) is 59.1 cm³/mol. The average molecular weight is 276 g/mol. The van der Waals surface area contributed by atoms with Crippen LogP contribution in [-0.4, -0.2) is 22.9 Å². The van der Waals surface area contributed by atoms with Crippen LogP contribution < -0.4 is 5.73 Å². The van der Waals surface area contributed by atoms with Crippen LogP contribution in [0.25, 0.3) is 0 Å². The molecule has 0 spiro atoms. The van der Waals surface area contributed by atoms with Gasteiger partial charge < -0.3 is 10.5 Å². The van der Waals surface area contributed by atoms with Gasteiger partial charge in [-0.25, -0.2) is 0 Å². The van der Waals surface area contributed by atoms with Gasteiger partial charge in [-0.1, -0.05) is 0 Å². The first-order valence-corrected chi connectivity index (χ1v) is 5.35. The van der Waals surface area contributed by atoms with Crippen molar-refractivity contribution in [1.29, 1.82) is 0 Å². The summed E-state index contributed by atoms with van der Waals surface area (Å²) in [5.41, 5.74) is 6.82. The van der Waals surface area contributed by atoms with Gasteiger partial charge in [-0.05, 0) is 28.4 Å². The summed E-state index contributed by atoms with van der Waals surface area (Å²) in [5.74, 6) is -0.244. The van der Waals surface area contributed by atoms with Crippen molar-refractivity contribution >= 4 is 21.9 Å². The highest BCUT2D eigenvalue weighted by atomic mass is 79.9. The lowest BCUT2D eigenvalue weighted by Gasteiger charge is -2.10. The third-order valence-electron chi connectivity index (χ3n) is 2.15. The second kappa shape index (κ2) is 5.27. The van der Waals surface area contributed by atoms with E-state index in [4.69, 9.17) is 5.73 Å². The van der Waals surface area contributed by atoms with Crippen LogP contribution in [0.3, 0.4) is 0 Å². The predicted octanol–water partition coefficient (Wildman–Crippen LogP) is 1.14. The van der Waals surface area contributed by atoms with Gasteiger partial charge in [0.2, 0.25) is 0 Å². The topological polar surface area (TPSA) is 70.1 Å². The monoisotopic (exact) mass is 275 g/mol. The fourth-order valence-electron chi connectivity index (χ4n) is 1.32. The SMILES string of the molecule is COC(=O)CCC(N)c1cc(Br)nn1C. The molecule has 0 amide bonds. The van der Waals surface area contributed by atoms with Gasteiger partial charge in [0.05, 0.1) is 12.8 Å². The zero-order valence-electron chi connectivity index (χ0n) is 8.74. The molecule has 0 bridgehead atoms. The van der Waals surface area contributed by atoms with Crippen molar-refractivity contribution in [2.45, 2.75) is 18.9 Å². The van der Waals surface area contributed by atoms with E-state index in [1.54, 1.807) is 4.68 Å². The largest absolute Gasteiger partial charge is 0.469 e. The average Bonchev–Trinajstić information content (AvgIpc) is 2.53. The highest BCUT2D eigenvalue weighted by molar-refractivity contribution is 9.10. The molecule has 0 aliphatic carbocycles. The molecule has 0 radical (unpaired) electrons. The lowest BCUT2D eigenvalue weighted by atomic mass is 10.1. The van der Waals surface area contributed by atoms with Crippen LogP contribution in [0.1, 0.15) is 24.6 Å². The third-order valence-corrected chi connectivity index (χ3v) is 2.54.